The summed E-state index contributed by atoms with van der Waals surface area (Å²) in [5.74, 6) is 1.19. The molecule has 1 aromatic heterocycles. The molecular weight excluding hydrogens is 272 g/mol. The highest BCUT2D eigenvalue weighted by atomic mass is 35.5. The van der Waals surface area contributed by atoms with Crippen LogP contribution in [0.25, 0.3) is 0 Å². The third-order valence-electron chi connectivity index (χ3n) is 3.67. The van der Waals surface area contributed by atoms with Crippen molar-refractivity contribution in [1.82, 2.24) is 9.97 Å². The van der Waals surface area contributed by atoms with Crippen molar-refractivity contribution in [2.24, 2.45) is 0 Å². The lowest BCUT2D eigenvalue weighted by Crippen LogP contribution is -2.30. The van der Waals surface area contributed by atoms with E-state index in [1.165, 1.54) is 5.56 Å². The third-order valence-corrected chi connectivity index (χ3v) is 3.86. The fourth-order valence-corrected chi connectivity index (χ4v) is 2.73. The van der Waals surface area contributed by atoms with Gasteiger partial charge in [0.2, 0.25) is 0 Å². The Balaban J connectivity index is 1.51. The van der Waals surface area contributed by atoms with E-state index in [1.807, 2.05) is 31.2 Å². The Morgan fingerprint density at radius 1 is 1.20 bits per heavy atom. The van der Waals surface area contributed by atoms with Crippen molar-refractivity contribution in [1.29, 1.82) is 0 Å². The molecule has 1 aliphatic carbocycles. The van der Waals surface area contributed by atoms with Gasteiger partial charge in [-0.15, -0.1) is 0 Å². The number of nitrogens with zero attached hydrogens (tertiary/aromatic N) is 2. The van der Waals surface area contributed by atoms with E-state index in [9.17, 15) is 0 Å². The van der Waals surface area contributed by atoms with Gasteiger partial charge in [0.05, 0.1) is 12.7 Å². The third kappa shape index (κ3) is 3.17. The van der Waals surface area contributed by atoms with E-state index in [2.05, 4.69) is 22.1 Å². The topological polar surface area (TPSA) is 35.0 Å². The fraction of sp³-hybridized carbons (Fsp3) is 0.375. The highest BCUT2D eigenvalue weighted by molar-refractivity contribution is 6.29. The Morgan fingerprint density at radius 3 is 2.65 bits per heavy atom. The molecule has 104 valence electrons. The molecule has 0 aliphatic heterocycles. The smallest absolute Gasteiger partial charge is 0.133 e. The van der Waals surface area contributed by atoms with Crippen LogP contribution in [0.15, 0.2) is 36.4 Å². The van der Waals surface area contributed by atoms with Gasteiger partial charge in [-0.05, 0) is 31.4 Å². The van der Waals surface area contributed by atoms with Crippen molar-refractivity contribution < 1.29 is 4.74 Å². The summed E-state index contributed by atoms with van der Waals surface area (Å²) < 4.78 is 5.90. The minimum absolute atomic E-state index is 0.328. The molecule has 0 radical (unpaired) electrons. The van der Waals surface area contributed by atoms with E-state index in [-0.39, 0.29) is 0 Å². The maximum Gasteiger partial charge on any atom is 0.133 e. The molecule has 0 atom stereocenters. The van der Waals surface area contributed by atoms with Gasteiger partial charge in [-0.3, -0.25) is 0 Å². The first-order chi connectivity index (χ1) is 9.70. The normalized spacial score (nSPS) is 21.5. The molecule has 1 saturated carbocycles. The second-order valence-corrected chi connectivity index (χ2v) is 5.64. The maximum absolute atomic E-state index is 5.97. The van der Waals surface area contributed by atoms with Crippen LogP contribution in [0.3, 0.4) is 0 Å². The van der Waals surface area contributed by atoms with E-state index in [1.54, 1.807) is 0 Å². The zero-order valence-electron chi connectivity index (χ0n) is 11.4. The zero-order valence-corrected chi connectivity index (χ0v) is 12.2. The van der Waals surface area contributed by atoms with Gasteiger partial charge in [0, 0.05) is 11.6 Å². The van der Waals surface area contributed by atoms with E-state index in [4.69, 9.17) is 16.3 Å². The number of benzene rings is 1. The van der Waals surface area contributed by atoms with Gasteiger partial charge in [0.15, 0.2) is 0 Å². The van der Waals surface area contributed by atoms with Gasteiger partial charge in [-0.1, -0.05) is 41.9 Å². The average Bonchev–Trinajstić information content (AvgIpc) is 2.37. The second kappa shape index (κ2) is 5.90. The van der Waals surface area contributed by atoms with Gasteiger partial charge < -0.3 is 4.74 Å². The number of aromatic nitrogens is 2. The van der Waals surface area contributed by atoms with Crippen LogP contribution in [0.2, 0.25) is 5.15 Å². The van der Waals surface area contributed by atoms with Crippen LogP contribution in [-0.2, 0) is 11.3 Å². The van der Waals surface area contributed by atoms with E-state index < -0.39 is 0 Å². The monoisotopic (exact) mass is 288 g/mol. The first kappa shape index (κ1) is 13.5. The molecule has 1 heterocycles. The summed E-state index contributed by atoms with van der Waals surface area (Å²) in [5, 5.41) is 0.529. The van der Waals surface area contributed by atoms with Crippen LogP contribution in [-0.4, -0.2) is 16.1 Å². The number of ether oxygens (including phenoxy) is 1. The Morgan fingerprint density at radius 2 is 1.95 bits per heavy atom. The van der Waals surface area contributed by atoms with Crippen LogP contribution in [0.5, 0.6) is 0 Å². The maximum atomic E-state index is 5.97. The molecule has 0 spiro atoms. The summed E-state index contributed by atoms with van der Waals surface area (Å²) in [5.41, 5.74) is 2.26. The van der Waals surface area contributed by atoms with Crippen LogP contribution < -0.4 is 0 Å². The van der Waals surface area contributed by atoms with Gasteiger partial charge >= 0.3 is 0 Å². The molecule has 2 aromatic rings. The van der Waals surface area contributed by atoms with Crippen molar-refractivity contribution in [2.75, 3.05) is 0 Å². The van der Waals surface area contributed by atoms with Crippen LogP contribution >= 0.6 is 11.6 Å². The quantitative estimate of drug-likeness (QED) is 0.800. The summed E-state index contributed by atoms with van der Waals surface area (Å²) in [4.78, 5) is 8.55. The standard InChI is InChI=1S/C16H17ClN2O/c1-11-18-15(9-16(17)19-11)13-7-14(8-13)20-10-12-5-3-2-4-6-12/h2-6,9,13-14H,7-8,10H2,1H3. The first-order valence-electron chi connectivity index (χ1n) is 6.87. The minimum Gasteiger partial charge on any atom is -0.373 e. The SMILES string of the molecule is Cc1nc(Cl)cc(C2CC(OCc3ccccc3)C2)n1. The van der Waals surface area contributed by atoms with Gasteiger partial charge in [0.1, 0.15) is 11.0 Å². The van der Waals surface area contributed by atoms with Gasteiger partial charge in [-0.25, -0.2) is 9.97 Å². The lowest BCUT2D eigenvalue weighted by molar-refractivity contribution is -0.0215. The predicted octanol–water partition coefficient (Wildman–Crippen LogP) is 3.90. The summed E-state index contributed by atoms with van der Waals surface area (Å²) in [6.07, 6.45) is 2.36. The predicted molar refractivity (Wildman–Crippen MR) is 78.8 cm³/mol. The second-order valence-electron chi connectivity index (χ2n) is 5.25. The zero-order chi connectivity index (χ0) is 13.9. The average molecular weight is 289 g/mol. The molecule has 1 aliphatic rings. The molecule has 3 rings (SSSR count). The molecule has 3 nitrogen and oxygen atoms in total. The van der Waals surface area contributed by atoms with Crippen molar-refractivity contribution in [3.8, 4) is 0 Å². The fourth-order valence-electron chi connectivity index (χ4n) is 2.49. The van der Waals surface area contributed by atoms with E-state index in [0.717, 1.165) is 24.4 Å². The molecule has 0 bridgehead atoms. The lowest BCUT2D eigenvalue weighted by atomic mass is 9.80. The molecule has 1 fully saturated rings. The number of halogens is 1. The van der Waals surface area contributed by atoms with E-state index >= 15 is 0 Å². The Labute approximate surface area is 124 Å². The number of aryl methyl sites for hydroxylation is 1. The number of rotatable bonds is 4. The van der Waals surface area contributed by atoms with Gasteiger partial charge in [0.25, 0.3) is 0 Å². The Hall–Kier alpha value is -1.45. The Bertz CT molecular complexity index is 562. The van der Waals surface area contributed by atoms with Crippen LogP contribution in [0.4, 0.5) is 0 Å². The molecule has 1 aromatic carbocycles. The van der Waals surface area contributed by atoms with Crippen LogP contribution in [0, 0.1) is 6.92 Å². The lowest BCUT2D eigenvalue weighted by Gasteiger charge is -2.34. The van der Waals surface area contributed by atoms with Crippen molar-refractivity contribution in [2.45, 2.75) is 38.4 Å². The highest BCUT2D eigenvalue weighted by Crippen LogP contribution is 2.38. The highest BCUT2D eigenvalue weighted by Gasteiger charge is 2.32. The molecule has 4 heteroatoms. The number of hydrogen-bond acceptors (Lipinski definition) is 3. The molecular formula is C16H17ClN2O. The summed E-state index contributed by atoms with van der Waals surface area (Å²) >= 11 is 5.97. The summed E-state index contributed by atoms with van der Waals surface area (Å²) in [7, 11) is 0. The molecule has 0 N–H and O–H groups in total. The van der Waals surface area contributed by atoms with Crippen LogP contribution in [0.1, 0.15) is 35.8 Å². The molecule has 0 saturated heterocycles. The largest absolute Gasteiger partial charge is 0.373 e. The Kier molecular flexibility index (Phi) is 3.99. The summed E-state index contributed by atoms with van der Waals surface area (Å²) in [6, 6.07) is 12.1. The molecule has 20 heavy (non-hydrogen) atoms. The van der Waals surface area contributed by atoms with Crippen molar-refractivity contribution in [3.05, 3.63) is 58.6 Å². The molecule has 0 unspecified atom stereocenters. The summed E-state index contributed by atoms with van der Waals surface area (Å²) in [6.45, 7) is 2.55. The first-order valence-corrected chi connectivity index (χ1v) is 7.25. The minimum atomic E-state index is 0.328. The number of hydrogen-bond donors (Lipinski definition) is 0. The molecule has 0 amide bonds. The van der Waals surface area contributed by atoms with Crippen molar-refractivity contribution >= 4 is 11.6 Å². The van der Waals surface area contributed by atoms with Crippen molar-refractivity contribution in [3.63, 3.8) is 0 Å². The van der Waals surface area contributed by atoms with Gasteiger partial charge in [-0.2, -0.15) is 0 Å². The van der Waals surface area contributed by atoms with E-state index in [0.29, 0.717) is 23.8 Å².